The molecule has 0 unspecified atom stereocenters. The maximum atomic E-state index is 9.98. The van der Waals surface area contributed by atoms with E-state index in [2.05, 4.69) is 9.72 Å². The molecule has 0 saturated heterocycles. The van der Waals surface area contributed by atoms with Crippen molar-refractivity contribution in [3.05, 3.63) is 40.7 Å². The lowest BCUT2D eigenvalue weighted by Crippen LogP contribution is -2.06. The smallest absolute Gasteiger partial charge is 0.302 e. The largest absolute Gasteiger partial charge is 0.466 e. The third kappa shape index (κ3) is 52.8. The number of hydrogen-bond donors (Lipinski definition) is 0. The zero-order chi connectivity index (χ0) is 17.8. The number of pyridine rings is 1. The summed E-state index contributed by atoms with van der Waals surface area (Å²) in [5.74, 6) is -0.193. The van der Waals surface area contributed by atoms with Crippen molar-refractivity contribution in [2.24, 2.45) is 0 Å². The predicted octanol–water partition coefficient (Wildman–Crippen LogP) is 1.64. The van der Waals surface area contributed by atoms with E-state index in [-0.39, 0.29) is 5.97 Å². The van der Waals surface area contributed by atoms with Gasteiger partial charge in [-0.25, -0.2) is 0 Å². The molecule has 0 aliphatic heterocycles. The Hall–Kier alpha value is -2.51. The number of aromatic nitrogens is 1. The van der Waals surface area contributed by atoms with Gasteiger partial charge in [0.05, 0.1) is 6.61 Å². The molecule has 1 rings (SSSR count). The highest BCUT2D eigenvalue weighted by Crippen LogP contribution is 1.78. The molecule has 0 aromatic carbocycles. The molecule has 0 fully saturated rings. The van der Waals surface area contributed by atoms with Crippen LogP contribution in [0.25, 0.3) is 0 Å². The maximum absolute atomic E-state index is 9.98. The van der Waals surface area contributed by atoms with E-state index in [4.69, 9.17) is 10.1 Å². The molecule has 1 heterocycles. The Bertz CT molecular complexity index is 341. The summed E-state index contributed by atoms with van der Waals surface area (Å²) >= 11 is 0. The van der Waals surface area contributed by atoms with Gasteiger partial charge < -0.3 is 9.64 Å². The summed E-state index contributed by atoms with van der Waals surface area (Å²) in [6.45, 7) is 3.92. The van der Waals surface area contributed by atoms with Crippen LogP contribution >= 0.6 is 0 Å². The standard InChI is InChI=1S/C5H5N.C5H10O2.C3H7NO.CH3NO2/c1-2-4-6-5-3-1;1-3-4-7-5(2)6;1-4(2)3-5;1-2(3)4/h1-5H;3-4H2,1-2H3;3H,1-2H3;1H3. The highest BCUT2D eigenvalue weighted by molar-refractivity contribution is 5.65. The Morgan fingerprint density at radius 2 is 1.73 bits per heavy atom. The molecule has 0 aliphatic rings. The second-order valence-corrected chi connectivity index (χ2v) is 3.87. The first kappa shape index (κ1) is 24.5. The van der Waals surface area contributed by atoms with E-state index >= 15 is 0 Å². The van der Waals surface area contributed by atoms with Crippen LogP contribution < -0.4 is 0 Å². The number of rotatable bonds is 3. The Labute approximate surface area is 131 Å². The minimum absolute atomic E-state index is 0.193. The quantitative estimate of drug-likeness (QED) is 0.363. The molecule has 0 radical (unpaired) electrons. The molecule has 1 amide bonds. The van der Waals surface area contributed by atoms with E-state index in [1.165, 1.54) is 11.8 Å². The first-order valence-electron chi connectivity index (χ1n) is 6.45. The molecule has 126 valence electrons. The van der Waals surface area contributed by atoms with Gasteiger partial charge in [-0.2, -0.15) is 0 Å². The van der Waals surface area contributed by atoms with Crippen LogP contribution in [-0.2, 0) is 14.3 Å². The number of ether oxygens (including phenoxy) is 1. The van der Waals surface area contributed by atoms with Crippen molar-refractivity contribution >= 4 is 12.4 Å². The van der Waals surface area contributed by atoms with Crippen molar-refractivity contribution in [2.45, 2.75) is 20.3 Å². The minimum Gasteiger partial charge on any atom is -0.466 e. The summed E-state index contributed by atoms with van der Waals surface area (Å²) in [6.07, 6.45) is 5.15. The van der Waals surface area contributed by atoms with Crippen LogP contribution in [-0.4, -0.2) is 54.9 Å². The van der Waals surface area contributed by atoms with Gasteiger partial charge in [0.2, 0.25) is 6.41 Å². The van der Waals surface area contributed by atoms with Crippen LogP contribution in [0.2, 0.25) is 0 Å². The van der Waals surface area contributed by atoms with Crippen LogP contribution in [0.15, 0.2) is 30.6 Å². The van der Waals surface area contributed by atoms with Gasteiger partial charge in [-0.3, -0.25) is 24.7 Å². The van der Waals surface area contributed by atoms with Crippen molar-refractivity contribution in [3.63, 3.8) is 0 Å². The minimum atomic E-state index is -0.500. The molecule has 0 spiro atoms. The first-order valence-corrected chi connectivity index (χ1v) is 6.45. The summed E-state index contributed by atoms with van der Waals surface area (Å²) in [5.41, 5.74) is 0. The first-order chi connectivity index (χ1) is 10.3. The molecule has 0 saturated carbocycles. The Morgan fingerprint density at radius 3 is 1.82 bits per heavy atom. The van der Waals surface area contributed by atoms with Crippen molar-refractivity contribution in [2.75, 3.05) is 27.7 Å². The van der Waals surface area contributed by atoms with E-state index in [9.17, 15) is 9.59 Å². The maximum Gasteiger partial charge on any atom is 0.302 e. The second kappa shape index (κ2) is 20.8. The average molecular weight is 315 g/mol. The van der Waals surface area contributed by atoms with Gasteiger partial charge in [-0.1, -0.05) is 13.0 Å². The zero-order valence-corrected chi connectivity index (χ0v) is 13.8. The van der Waals surface area contributed by atoms with Crippen molar-refractivity contribution in [1.82, 2.24) is 9.88 Å². The Morgan fingerprint density at radius 1 is 1.32 bits per heavy atom. The highest BCUT2D eigenvalue weighted by atomic mass is 16.6. The summed E-state index contributed by atoms with van der Waals surface area (Å²) < 4.78 is 4.55. The number of carbonyl (C=O) groups excluding carboxylic acids is 2. The van der Waals surface area contributed by atoms with Gasteiger partial charge in [0.15, 0.2) is 7.05 Å². The molecule has 0 atom stereocenters. The topological polar surface area (TPSA) is 103 Å². The van der Waals surface area contributed by atoms with Crippen molar-refractivity contribution < 1.29 is 19.2 Å². The molecule has 8 heteroatoms. The van der Waals surface area contributed by atoms with Crippen LogP contribution in [0.4, 0.5) is 0 Å². The number of hydrogen-bond acceptors (Lipinski definition) is 6. The fourth-order valence-electron chi connectivity index (χ4n) is 0.558. The lowest BCUT2D eigenvalue weighted by molar-refractivity contribution is -0.445. The van der Waals surface area contributed by atoms with E-state index in [0.717, 1.165) is 19.9 Å². The summed E-state index contributed by atoms with van der Waals surface area (Å²) in [6, 6.07) is 5.72. The SMILES string of the molecule is CCCOC(C)=O.CN(C)C=O.C[N+](=O)[O-].c1ccncc1. The molecule has 8 nitrogen and oxygen atoms in total. The Kier molecular flexibility index (Phi) is 23.2. The number of nitrogens with zero attached hydrogens (tertiary/aromatic N) is 3. The predicted molar refractivity (Wildman–Crippen MR) is 83.8 cm³/mol. The Balaban J connectivity index is -0.000000224. The molecular formula is C14H25N3O5. The summed E-state index contributed by atoms with van der Waals surface area (Å²) in [5, 5.41) is 8.81. The number of carbonyl (C=O) groups is 2. The number of nitro groups is 1. The molecule has 0 aliphatic carbocycles. The van der Waals surface area contributed by atoms with E-state index in [0.29, 0.717) is 6.61 Å². The normalized spacial score (nSPS) is 7.50. The van der Waals surface area contributed by atoms with Gasteiger partial charge in [0.1, 0.15) is 0 Å². The number of esters is 1. The monoisotopic (exact) mass is 315 g/mol. The number of amides is 1. The lowest BCUT2D eigenvalue weighted by atomic mass is 10.5. The second-order valence-electron chi connectivity index (χ2n) is 3.87. The molecular weight excluding hydrogens is 290 g/mol. The lowest BCUT2D eigenvalue weighted by Gasteiger charge is -1.93. The molecule has 1 aromatic heterocycles. The van der Waals surface area contributed by atoms with Crippen LogP contribution in [0.5, 0.6) is 0 Å². The molecule has 1 aromatic rings. The van der Waals surface area contributed by atoms with Gasteiger partial charge >= 0.3 is 5.97 Å². The highest BCUT2D eigenvalue weighted by Gasteiger charge is 1.85. The molecule has 22 heavy (non-hydrogen) atoms. The van der Waals surface area contributed by atoms with E-state index in [1.54, 1.807) is 26.5 Å². The third-order valence-corrected chi connectivity index (χ3v) is 1.29. The molecule has 0 bridgehead atoms. The zero-order valence-electron chi connectivity index (χ0n) is 13.8. The van der Waals surface area contributed by atoms with E-state index < -0.39 is 4.92 Å². The third-order valence-electron chi connectivity index (χ3n) is 1.29. The summed E-state index contributed by atoms with van der Waals surface area (Å²) in [7, 11) is 4.26. The van der Waals surface area contributed by atoms with Gasteiger partial charge in [0, 0.05) is 38.3 Å². The average Bonchev–Trinajstić information content (AvgIpc) is 2.47. The molecule has 0 N–H and O–H groups in total. The van der Waals surface area contributed by atoms with E-state index in [1.807, 2.05) is 25.1 Å². The van der Waals surface area contributed by atoms with Gasteiger partial charge in [0.25, 0.3) is 0 Å². The van der Waals surface area contributed by atoms with Gasteiger partial charge in [-0.05, 0) is 18.6 Å². The van der Waals surface area contributed by atoms with Crippen LogP contribution in [0.1, 0.15) is 20.3 Å². The fourth-order valence-corrected chi connectivity index (χ4v) is 0.558. The van der Waals surface area contributed by atoms with Crippen molar-refractivity contribution in [3.8, 4) is 0 Å². The summed E-state index contributed by atoms with van der Waals surface area (Å²) in [4.78, 5) is 32.9. The fraction of sp³-hybridized carbons (Fsp3) is 0.500. The van der Waals surface area contributed by atoms with Gasteiger partial charge in [-0.15, -0.1) is 0 Å². The van der Waals surface area contributed by atoms with Crippen molar-refractivity contribution in [1.29, 1.82) is 0 Å². The van der Waals surface area contributed by atoms with Crippen LogP contribution in [0, 0.1) is 10.1 Å². The van der Waals surface area contributed by atoms with Crippen LogP contribution in [0.3, 0.4) is 0 Å².